The number of hydrogen-bond acceptors (Lipinski definition) is 6. The minimum absolute atomic E-state index is 0.312. The van der Waals surface area contributed by atoms with Crippen LogP contribution in [0.5, 0.6) is 0 Å². The lowest BCUT2D eigenvalue weighted by molar-refractivity contribution is 0.534. The molecule has 3 N–H and O–H groups in total. The number of anilines is 3. The number of benzene rings is 1. The van der Waals surface area contributed by atoms with Crippen LogP contribution in [-0.4, -0.2) is 23.1 Å². The summed E-state index contributed by atoms with van der Waals surface area (Å²) in [6.45, 7) is 4.97. The van der Waals surface area contributed by atoms with Gasteiger partial charge in [-0.05, 0) is 18.4 Å². The predicted molar refractivity (Wildman–Crippen MR) is 97.0 cm³/mol. The van der Waals surface area contributed by atoms with Gasteiger partial charge in [0.1, 0.15) is 5.82 Å². The van der Waals surface area contributed by atoms with Crippen LogP contribution in [0.2, 0.25) is 0 Å². The zero-order chi connectivity index (χ0) is 16.4. The van der Waals surface area contributed by atoms with Crippen molar-refractivity contribution < 1.29 is 0 Å². The predicted octanol–water partition coefficient (Wildman–Crippen LogP) is 3.07. The van der Waals surface area contributed by atoms with E-state index in [0.717, 1.165) is 50.5 Å². The van der Waals surface area contributed by atoms with Crippen molar-refractivity contribution >= 4 is 17.6 Å². The van der Waals surface area contributed by atoms with Crippen LogP contribution in [0.3, 0.4) is 0 Å². The van der Waals surface area contributed by atoms with Crippen LogP contribution in [0.25, 0.3) is 0 Å². The molecule has 0 radical (unpaired) electrons. The molecule has 0 amide bonds. The molecule has 1 unspecified atom stereocenters. The summed E-state index contributed by atoms with van der Waals surface area (Å²) in [7, 11) is 0. The van der Waals surface area contributed by atoms with Crippen LogP contribution in [0.15, 0.2) is 30.3 Å². The van der Waals surface area contributed by atoms with E-state index in [9.17, 15) is 0 Å². The van der Waals surface area contributed by atoms with E-state index in [4.69, 9.17) is 4.98 Å². The SMILES string of the molecule is CCCCNc1nc2c3c(n1)N(Cc1ccccc1)CCC3NN2. The highest BCUT2D eigenvalue weighted by molar-refractivity contribution is 5.67. The van der Waals surface area contributed by atoms with Crippen molar-refractivity contribution in [1.29, 1.82) is 0 Å². The minimum atomic E-state index is 0.312. The number of rotatable bonds is 6. The number of nitrogens with zero attached hydrogens (tertiary/aromatic N) is 3. The number of hydrogen-bond donors (Lipinski definition) is 3. The van der Waals surface area contributed by atoms with Crippen LogP contribution in [-0.2, 0) is 6.54 Å². The summed E-state index contributed by atoms with van der Waals surface area (Å²) in [6, 6.07) is 10.9. The maximum Gasteiger partial charge on any atom is 0.226 e. The van der Waals surface area contributed by atoms with Gasteiger partial charge in [0.15, 0.2) is 5.82 Å². The summed E-state index contributed by atoms with van der Waals surface area (Å²) >= 11 is 0. The highest BCUT2D eigenvalue weighted by atomic mass is 15.4. The van der Waals surface area contributed by atoms with Crippen LogP contribution < -0.4 is 21.1 Å². The lowest BCUT2D eigenvalue weighted by Crippen LogP contribution is -2.34. The molecule has 0 saturated carbocycles. The second kappa shape index (κ2) is 6.65. The molecule has 6 nitrogen and oxygen atoms in total. The molecule has 24 heavy (non-hydrogen) atoms. The molecule has 0 saturated heterocycles. The van der Waals surface area contributed by atoms with Gasteiger partial charge in [-0.15, -0.1) is 0 Å². The summed E-state index contributed by atoms with van der Waals surface area (Å²) < 4.78 is 0. The van der Waals surface area contributed by atoms with Crippen molar-refractivity contribution in [2.75, 3.05) is 28.7 Å². The van der Waals surface area contributed by atoms with E-state index in [1.807, 2.05) is 0 Å². The third-order valence-electron chi connectivity index (χ3n) is 4.66. The lowest BCUT2D eigenvalue weighted by atomic mass is 10.0. The molecule has 1 aromatic carbocycles. The molecule has 2 aliphatic rings. The highest BCUT2D eigenvalue weighted by Gasteiger charge is 2.34. The summed E-state index contributed by atoms with van der Waals surface area (Å²) in [5, 5.41) is 3.36. The van der Waals surface area contributed by atoms with Gasteiger partial charge in [0, 0.05) is 19.6 Å². The maximum atomic E-state index is 4.84. The normalized spacial score (nSPS) is 18.2. The van der Waals surface area contributed by atoms with Gasteiger partial charge in [-0.2, -0.15) is 9.97 Å². The number of unbranched alkanes of at least 4 members (excludes halogenated alkanes) is 1. The van der Waals surface area contributed by atoms with Gasteiger partial charge in [0.2, 0.25) is 5.95 Å². The summed E-state index contributed by atoms with van der Waals surface area (Å²) in [5.74, 6) is 2.69. The Morgan fingerprint density at radius 1 is 1.25 bits per heavy atom. The van der Waals surface area contributed by atoms with Gasteiger partial charge < -0.3 is 15.6 Å². The average Bonchev–Trinajstić information content (AvgIpc) is 3.03. The van der Waals surface area contributed by atoms with E-state index < -0.39 is 0 Å². The molecule has 1 aromatic heterocycles. The quantitative estimate of drug-likeness (QED) is 0.710. The molecular weight excluding hydrogens is 300 g/mol. The average molecular weight is 324 g/mol. The van der Waals surface area contributed by atoms with Crippen LogP contribution in [0.1, 0.15) is 43.4 Å². The minimum Gasteiger partial charge on any atom is -0.354 e. The second-order valence-electron chi connectivity index (χ2n) is 6.43. The Hall–Kier alpha value is -2.34. The molecule has 0 spiro atoms. The first-order chi connectivity index (χ1) is 11.8. The highest BCUT2D eigenvalue weighted by Crippen LogP contribution is 2.40. The van der Waals surface area contributed by atoms with E-state index in [2.05, 4.69) is 63.3 Å². The number of hydrazine groups is 1. The standard InChI is InChI=1S/C18H24N6/c1-2-3-10-19-18-20-16-15-14(22-23-16)9-11-24(17(15)21-18)12-13-7-5-4-6-8-13/h4-8,14,22H,2-3,9-12H2,1H3,(H2,19,20,21,23). The van der Waals surface area contributed by atoms with Crippen LogP contribution in [0.4, 0.5) is 17.6 Å². The molecule has 126 valence electrons. The molecule has 2 aromatic rings. The third-order valence-corrected chi connectivity index (χ3v) is 4.66. The summed E-state index contributed by atoms with van der Waals surface area (Å²) in [5.41, 5.74) is 9.08. The van der Waals surface area contributed by atoms with Gasteiger partial charge in [-0.25, -0.2) is 5.43 Å². The zero-order valence-corrected chi connectivity index (χ0v) is 14.0. The molecule has 0 bridgehead atoms. The van der Waals surface area contributed by atoms with Crippen molar-refractivity contribution in [2.45, 2.75) is 38.8 Å². The van der Waals surface area contributed by atoms with E-state index >= 15 is 0 Å². The van der Waals surface area contributed by atoms with Crippen molar-refractivity contribution in [1.82, 2.24) is 15.4 Å². The summed E-state index contributed by atoms with van der Waals surface area (Å²) in [6.07, 6.45) is 3.34. The second-order valence-corrected chi connectivity index (χ2v) is 6.43. The van der Waals surface area contributed by atoms with E-state index in [0.29, 0.717) is 12.0 Å². The fourth-order valence-corrected chi connectivity index (χ4v) is 3.36. The molecule has 6 heteroatoms. The largest absolute Gasteiger partial charge is 0.354 e. The molecule has 4 rings (SSSR count). The fourth-order valence-electron chi connectivity index (χ4n) is 3.36. The van der Waals surface area contributed by atoms with E-state index in [1.54, 1.807) is 0 Å². The Morgan fingerprint density at radius 3 is 2.96 bits per heavy atom. The molecule has 2 aliphatic heterocycles. The van der Waals surface area contributed by atoms with E-state index in [1.165, 1.54) is 11.1 Å². The van der Waals surface area contributed by atoms with Gasteiger partial charge in [0.05, 0.1) is 11.6 Å². The van der Waals surface area contributed by atoms with Crippen LogP contribution in [0, 0.1) is 0 Å². The van der Waals surface area contributed by atoms with Gasteiger partial charge in [-0.3, -0.25) is 0 Å². The van der Waals surface area contributed by atoms with Crippen LogP contribution >= 0.6 is 0 Å². The lowest BCUT2D eigenvalue weighted by Gasteiger charge is -2.32. The smallest absolute Gasteiger partial charge is 0.226 e. The number of nitrogens with one attached hydrogen (secondary N) is 3. The Kier molecular flexibility index (Phi) is 4.21. The summed E-state index contributed by atoms with van der Waals surface area (Å²) in [4.78, 5) is 11.8. The van der Waals surface area contributed by atoms with E-state index in [-0.39, 0.29) is 0 Å². The topological polar surface area (TPSA) is 65.1 Å². The Bertz CT molecular complexity index is 702. The Balaban J connectivity index is 1.63. The van der Waals surface area contributed by atoms with Crippen molar-refractivity contribution in [3.63, 3.8) is 0 Å². The first-order valence-corrected chi connectivity index (χ1v) is 8.81. The molecule has 3 heterocycles. The maximum absolute atomic E-state index is 4.84. The monoisotopic (exact) mass is 324 g/mol. The number of aromatic nitrogens is 2. The zero-order valence-electron chi connectivity index (χ0n) is 14.0. The first kappa shape index (κ1) is 15.2. The van der Waals surface area contributed by atoms with Crippen molar-refractivity contribution in [2.24, 2.45) is 0 Å². The molecule has 0 fully saturated rings. The Morgan fingerprint density at radius 2 is 2.12 bits per heavy atom. The molecular formula is C18H24N6. The Labute approximate surface area is 142 Å². The molecule has 1 atom stereocenters. The van der Waals surface area contributed by atoms with Gasteiger partial charge in [-0.1, -0.05) is 43.7 Å². The fraction of sp³-hybridized carbons (Fsp3) is 0.444. The first-order valence-electron chi connectivity index (χ1n) is 8.81. The third kappa shape index (κ3) is 2.89. The van der Waals surface area contributed by atoms with Gasteiger partial charge in [0.25, 0.3) is 0 Å². The molecule has 0 aliphatic carbocycles. The van der Waals surface area contributed by atoms with Crippen molar-refractivity contribution in [3.8, 4) is 0 Å². The van der Waals surface area contributed by atoms with Crippen molar-refractivity contribution in [3.05, 3.63) is 41.5 Å². The van der Waals surface area contributed by atoms with Gasteiger partial charge >= 0.3 is 0 Å².